The number of ether oxygens (including phenoxy) is 3. The summed E-state index contributed by atoms with van der Waals surface area (Å²) in [6.07, 6.45) is 1.82. The van der Waals surface area contributed by atoms with E-state index in [4.69, 9.17) is 19.2 Å². The van der Waals surface area contributed by atoms with Gasteiger partial charge in [-0.25, -0.2) is 4.79 Å². The number of carbonyl (C=O) groups excluding carboxylic acids is 1. The molecule has 0 saturated carbocycles. The number of fused-ring (bicyclic) bond motifs is 1. The molecule has 0 N–H and O–H groups in total. The third-order valence-corrected chi connectivity index (χ3v) is 7.41. The Bertz CT molecular complexity index is 2010. The molecule has 6 aromatic rings. The fraction of sp³-hybridized carbons (Fsp3) is 0.200. The molecule has 0 atom stereocenters. The van der Waals surface area contributed by atoms with Crippen molar-refractivity contribution in [1.29, 1.82) is 0 Å². The lowest BCUT2D eigenvalue weighted by atomic mass is 10.1. The van der Waals surface area contributed by atoms with E-state index in [0.29, 0.717) is 35.8 Å². The fourth-order valence-corrected chi connectivity index (χ4v) is 5.19. The van der Waals surface area contributed by atoms with Crippen LogP contribution in [0.4, 0.5) is 0 Å². The van der Waals surface area contributed by atoms with Gasteiger partial charge in [0.15, 0.2) is 0 Å². The Hall–Kier alpha value is -5.64. The summed E-state index contributed by atoms with van der Waals surface area (Å²) in [5.41, 5.74) is 6.12. The zero-order valence-electron chi connectivity index (χ0n) is 25.3. The predicted octanol–water partition coefficient (Wildman–Crippen LogP) is 5.62. The maximum absolute atomic E-state index is 13.8. The minimum Gasteiger partial charge on any atom is -0.473 e. The molecule has 3 aromatic heterocycles. The maximum atomic E-state index is 13.8. The van der Waals surface area contributed by atoms with E-state index < -0.39 is 0 Å². The summed E-state index contributed by atoms with van der Waals surface area (Å²) >= 11 is 0. The fourth-order valence-electron chi connectivity index (χ4n) is 5.19. The van der Waals surface area contributed by atoms with E-state index in [1.54, 1.807) is 39.9 Å². The van der Waals surface area contributed by atoms with Gasteiger partial charge in [-0.2, -0.15) is 10.1 Å². The van der Waals surface area contributed by atoms with Crippen LogP contribution in [0.2, 0.25) is 0 Å². The normalized spacial score (nSPS) is 11.1. The number of pyridine rings is 1. The van der Waals surface area contributed by atoms with Gasteiger partial charge in [0.1, 0.15) is 25.4 Å². The molecule has 0 amide bonds. The van der Waals surface area contributed by atoms with Crippen LogP contribution in [0.5, 0.6) is 11.8 Å². The van der Waals surface area contributed by atoms with E-state index in [0.717, 1.165) is 27.9 Å². The Morgan fingerprint density at radius 1 is 0.844 bits per heavy atom. The van der Waals surface area contributed by atoms with Crippen molar-refractivity contribution < 1.29 is 19.0 Å². The summed E-state index contributed by atoms with van der Waals surface area (Å²) in [6.45, 7) is 4.60. The topological polar surface area (TPSA) is 102 Å². The first-order chi connectivity index (χ1) is 21.9. The molecule has 3 heterocycles. The van der Waals surface area contributed by atoms with Crippen molar-refractivity contribution in [2.75, 3.05) is 6.61 Å². The third-order valence-electron chi connectivity index (χ3n) is 7.41. The zero-order valence-corrected chi connectivity index (χ0v) is 25.3. The van der Waals surface area contributed by atoms with Crippen LogP contribution in [-0.2, 0) is 36.3 Å². The number of esters is 1. The average molecular weight is 604 g/mol. The Kier molecular flexibility index (Phi) is 8.45. The van der Waals surface area contributed by atoms with Gasteiger partial charge in [0.25, 0.3) is 0 Å². The molecule has 0 aliphatic heterocycles. The maximum Gasteiger partial charge on any atom is 0.333 e. The summed E-state index contributed by atoms with van der Waals surface area (Å²) in [7, 11) is 1.73. The molecule has 0 aliphatic carbocycles. The summed E-state index contributed by atoms with van der Waals surface area (Å²) in [4.78, 5) is 30.4. The first-order valence-electron chi connectivity index (χ1n) is 14.7. The van der Waals surface area contributed by atoms with Crippen LogP contribution in [0, 0.1) is 6.92 Å². The number of aromatic nitrogens is 5. The summed E-state index contributed by atoms with van der Waals surface area (Å²) in [5, 5.41) is 4.49. The van der Waals surface area contributed by atoms with E-state index in [1.165, 1.54) is 0 Å². The van der Waals surface area contributed by atoms with E-state index >= 15 is 0 Å². The number of hydrogen-bond acceptors (Lipinski definition) is 7. The van der Waals surface area contributed by atoms with Gasteiger partial charge in [0.2, 0.25) is 11.8 Å². The van der Waals surface area contributed by atoms with Gasteiger partial charge in [-0.3, -0.25) is 18.6 Å². The Morgan fingerprint density at radius 2 is 1.53 bits per heavy atom. The minimum atomic E-state index is -0.350. The molecule has 0 spiro atoms. The third kappa shape index (κ3) is 6.35. The molecular formula is C35H33N5O5. The number of aryl methyl sites for hydroxylation is 2. The first-order valence-corrected chi connectivity index (χ1v) is 14.7. The number of nitrogens with zero attached hydrogens (tertiary/aromatic N) is 5. The molecule has 0 unspecified atom stereocenters. The lowest BCUT2D eigenvalue weighted by Crippen LogP contribution is -2.21. The number of benzene rings is 3. The van der Waals surface area contributed by atoms with Crippen LogP contribution in [0.3, 0.4) is 0 Å². The molecule has 0 bridgehead atoms. The Labute approximate surface area is 260 Å². The van der Waals surface area contributed by atoms with Crippen molar-refractivity contribution in [3.05, 3.63) is 124 Å². The van der Waals surface area contributed by atoms with Crippen molar-refractivity contribution in [1.82, 2.24) is 23.9 Å². The van der Waals surface area contributed by atoms with Gasteiger partial charge >= 0.3 is 11.7 Å². The molecular weight excluding hydrogens is 570 g/mol. The standard InChI is InChI=1S/C35H33N5O5/c1-4-43-33(41)21-39-20-28(24(2)37-39)27-15-16-29-31(19-27)38(3)35(42)40(29)30-17-18-32(44-22-25-11-7-5-8-12-25)36-34(30)45-23-26-13-9-6-10-14-26/h5-20H,4,21-23H2,1-3H3. The van der Waals surface area contributed by atoms with E-state index in [9.17, 15) is 9.59 Å². The Morgan fingerprint density at radius 3 is 2.22 bits per heavy atom. The second-order valence-corrected chi connectivity index (χ2v) is 10.5. The van der Waals surface area contributed by atoms with Gasteiger partial charge in [-0.1, -0.05) is 66.7 Å². The van der Waals surface area contributed by atoms with Crippen LogP contribution in [0.25, 0.3) is 27.8 Å². The molecule has 3 aromatic carbocycles. The average Bonchev–Trinajstić information content (AvgIpc) is 3.54. The molecule has 0 aliphatic rings. The van der Waals surface area contributed by atoms with Gasteiger partial charge in [-0.05, 0) is 48.7 Å². The second-order valence-electron chi connectivity index (χ2n) is 10.5. The van der Waals surface area contributed by atoms with Crippen LogP contribution < -0.4 is 15.2 Å². The number of rotatable bonds is 11. The summed E-state index contributed by atoms with van der Waals surface area (Å²) < 4.78 is 22.1. The Balaban J connectivity index is 1.37. The highest BCUT2D eigenvalue weighted by Gasteiger charge is 2.20. The molecule has 0 saturated heterocycles. The van der Waals surface area contributed by atoms with Crippen molar-refractivity contribution in [2.24, 2.45) is 7.05 Å². The highest BCUT2D eigenvalue weighted by Crippen LogP contribution is 2.31. The lowest BCUT2D eigenvalue weighted by molar-refractivity contribution is -0.144. The highest BCUT2D eigenvalue weighted by molar-refractivity contribution is 5.84. The second kappa shape index (κ2) is 12.9. The molecule has 0 radical (unpaired) electrons. The van der Waals surface area contributed by atoms with E-state index in [-0.39, 0.29) is 30.7 Å². The number of hydrogen-bond donors (Lipinski definition) is 0. The van der Waals surface area contributed by atoms with Crippen LogP contribution >= 0.6 is 0 Å². The van der Waals surface area contributed by atoms with Crippen molar-refractivity contribution in [3.63, 3.8) is 0 Å². The molecule has 6 rings (SSSR count). The molecule has 10 nitrogen and oxygen atoms in total. The molecule has 10 heteroatoms. The molecule has 228 valence electrons. The smallest absolute Gasteiger partial charge is 0.333 e. The van der Waals surface area contributed by atoms with Crippen molar-refractivity contribution in [2.45, 2.75) is 33.6 Å². The van der Waals surface area contributed by atoms with Gasteiger partial charge in [0, 0.05) is 24.9 Å². The summed E-state index contributed by atoms with van der Waals surface area (Å²) in [6, 6.07) is 28.9. The molecule has 45 heavy (non-hydrogen) atoms. The van der Waals surface area contributed by atoms with Crippen molar-refractivity contribution >= 4 is 17.0 Å². The van der Waals surface area contributed by atoms with Gasteiger partial charge in [-0.15, -0.1) is 0 Å². The zero-order chi connectivity index (χ0) is 31.3. The van der Waals surface area contributed by atoms with Crippen molar-refractivity contribution in [3.8, 4) is 28.6 Å². The summed E-state index contributed by atoms with van der Waals surface area (Å²) in [5.74, 6) is 0.313. The largest absolute Gasteiger partial charge is 0.473 e. The molecule has 0 fully saturated rings. The van der Waals surface area contributed by atoms with Gasteiger partial charge in [0.05, 0.1) is 23.3 Å². The SMILES string of the molecule is CCOC(=O)Cn1cc(-c2ccc3c(c2)n(C)c(=O)n3-c2ccc(OCc3ccccc3)nc2OCc2ccccc2)c(C)n1. The number of carbonyl (C=O) groups is 1. The quantitative estimate of drug-likeness (QED) is 0.177. The van der Waals surface area contributed by atoms with E-state index in [2.05, 4.69) is 5.10 Å². The first kappa shape index (κ1) is 29.4. The van der Waals surface area contributed by atoms with Crippen LogP contribution in [0.15, 0.2) is 102 Å². The van der Waals surface area contributed by atoms with E-state index in [1.807, 2.05) is 92.0 Å². The minimum absolute atomic E-state index is 0.0234. The monoisotopic (exact) mass is 603 g/mol. The van der Waals surface area contributed by atoms with Crippen LogP contribution in [0.1, 0.15) is 23.7 Å². The van der Waals surface area contributed by atoms with Gasteiger partial charge < -0.3 is 14.2 Å². The highest BCUT2D eigenvalue weighted by atomic mass is 16.5. The predicted molar refractivity (Wildman–Crippen MR) is 170 cm³/mol. The van der Waals surface area contributed by atoms with Crippen LogP contribution in [-0.4, -0.2) is 36.5 Å². The number of imidazole rings is 1. The lowest BCUT2D eigenvalue weighted by Gasteiger charge is -2.14.